The van der Waals surface area contributed by atoms with Crippen LogP contribution < -0.4 is 4.90 Å². The number of aromatic nitrogens is 3. The van der Waals surface area contributed by atoms with Crippen LogP contribution in [0.15, 0.2) is 12.1 Å². The third-order valence-electron chi connectivity index (χ3n) is 5.39. The lowest BCUT2D eigenvalue weighted by Gasteiger charge is -2.41. The largest absolute Gasteiger partial charge is 0.388 e. The number of β-amino-alcohol motifs (C(OH)–C–C–N with tert-alkyl or cyclic N) is 1. The van der Waals surface area contributed by atoms with Crippen LogP contribution >= 0.6 is 0 Å². The molecule has 0 atom stereocenters. The molecule has 0 radical (unpaired) electrons. The molecule has 24 heavy (non-hydrogen) atoms. The summed E-state index contributed by atoms with van der Waals surface area (Å²) >= 11 is 0. The Hall–Kier alpha value is -1.66. The second kappa shape index (κ2) is 6.01. The van der Waals surface area contributed by atoms with Gasteiger partial charge >= 0.3 is 0 Å². The molecule has 0 spiro atoms. The summed E-state index contributed by atoms with van der Waals surface area (Å²) in [5, 5.41) is 15.6. The van der Waals surface area contributed by atoms with E-state index in [0.717, 1.165) is 68.4 Å². The molecule has 1 N–H and O–H groups in total. The fraction of sp³-hybridized carbons (Fsp3) is 0.667. The highest BCUT2D eigenvalue weighted by Gasteiger charge is 2.35. The second-order valence-electron chi connectivity index (χ2n) is 7.51. The van der Waals surface area contributed by atoms with E-state index in [0.29, 0.717) is 0 Å². The van der Waals surface area contributed by atoms with Crippen molar-refractivity contribution in [2.75, 3.05) is 37.6 Å². The first-order valence-corrected chi connectivity index (χ1v) is 9.06. The number of rotatable bonds is 3. The van der Waals surface area contributed by atoms with Crippen LogP contribution in [0.25, 0.3) is 5.65 Å². The van der Waals surface area contributed by atoms with Gasteiger partial charge in [-0.1, -0.05) is 0 Å². The molecule has 2 fully saturated rings. The Morgan fingerprint density at radius 2 is 1.75 bits per heavy atom. The first-order chi connectivity index (χ1) is 11.5. The molecule has 6 nitrogen and oxygen atoms in total. The van der Waals surface area contributed by atoms with Gasteiger partial charge in [0.1, 0.15) is 5.82 Å². The van der Waals surface area contributed by atoms with Crippen molar-refractivity contribution in [2.24, 2.45) is 0 Å². The first-order valence-electron chi connectivity index (χ1n) is 9.06. The van der Waals surface area contributed by atoms with Crippen molar-refractivity contribution >= 4 is 11.5 Å². The lowest BCUT2D eigenvalue weighted by Crippen LogP contribution is -2.50. The third-order valence-corrected chi connectivity index (χ3v) is 5.39. The summed E-state index contributed by atoms with van der Waals surface area (Å²) in [5.41, 5.74) is 2.36. The molecule has 2 saturated heterocycles. The molecule has 0 aromatic carbocycles. The summed E-state index contributed by atoms with van der Waals surface area (Å²) in [6.07, 6.45) is 4.17. The number of fused-ring (bicyclic) bond motifs is 1. The maximum Gasteiger partial charge on any atom is 0.157 e. The molecular formula is C18H27N5O. The van der Waals surface area contributed by atoms with Crippen molar-refractivity contribution in [3.63, 3.8) is 0 Å². The number of piperidine rings is 1. The lowest BCUT2D eigenvalue weighted by atomic mass is 9.91. The van der Waals surface area contributed by atoms with Crippen molar-refractivity contribution in [1.82, 2.24) is 19.5 Å². The number of nitrogens with zero attached hydrogens (tertiary/aromatic N) is 5. The van der Waals surface area contributed by atoms with E-state index in [-0.39, 0.29) is 0 Å². The zero-order chi connectivity index (χ0) is 16.7. The van der Waals surface area contributed by atoms with Gasteiger partial charge in [0.05, 0.1) is 11.3 Å². The zero-order valence-electron chi connectivity index (χ0n) is 14.7. The minimum absolute atomic E-state index is 0.540. The maximum absolute atomic E-state index is 11.0. The van der Waals surface area contributed by atoms with Gasteiger partial charge in [0.25, 0.3) is 0 Å². The Kier molecular flexibility index (Phi) is 3.96. The Balaban J connectivity index is 1.51. The van der Waals surface area contributed by atoms with Gasteiger partial charge in [0.15, 0.2) is 5.65 Å². The molecule has 4 rings (SSSR count). The number of aliphatic hydroxyl groups is 1. The molecule has 6 heteroatoms. The van der Waals surface area contributed by atoms with E-state index in [9.17, 15) is 5.11 Å². The van der Waals surface area contributed by atoms with Crippen LogP contribution in [-0.2, 0) is 0 Å². The van der Waals surface area contributed by atoms with E-state index >= 15 is 0 Å². The molecule has 0 aliphatic carbocycles. The van der Waals surface area contributed by atoms with Gasteiger partial charge < -0.3 is 14.9 Å². The Morgan fingerprint density at radius 1 is 1.04 bits per heavy atom. The molecule has 4 heterocycles. The molecule has 0 unspecified atom stereocenters. The highest BCUT2D eigenvalue weighted by molar-refractivity contribution is 5.52. The van der Waals surface area contributed by atoms with Crippen LogP contribution in [0.5, 0.6) is 0 Å². The van der Waals surface area contributed by atoms with Gasteiger partial charge in [-0.25, -0.2) is 4.98 Å². The number of hydrogen-bond acceptors (Lipinski definition) is 5. The van der Waals surface area contributed by atoms with Gasteiger partial charge in [0, 0.05) is 37.5 Å². The quantitative estimate of drug-likeness (QED) is 0.930. The summed E-state index contributed by atoms with van der Waals surface area (Å²) in [6.45, 7) is 8.86. The van der Waals surface area contributed by atoms with E-state index in [2.05, 4.69) is 25.9 Å². The normalized spacial score (nSPS) is 21.7. The van der Waals surface area contributed by atoms with Crippen molar-refractivity contribution in [2.45, 2.75) is 45.1 Å². The number of anilines is 1. The van der Waals surface area contributed by atoms with Crippen molar-refractivity contribution in [3.8, 4) is 0 Å². The van der Waals surface area contributed by atoms with Gasteiger partial charge in [-0.3, -0.25) is 0 Å². The average Bonchev–Trinajstić information content (AvgIpc) is 3.15. The van der Waals surface area contributed by atoms with Crippen LogP contribution in [0.4, 0.5) is 5.82 Å². The average molecular weight is 329 g/mol. The minimum atomic E-state index is -0.540. The number of likely N-dealkylation sites (tertiary alicyclic amines) is 1. The summed E-state index contributed by atoms with van der Waals surface area (Å²) in [7, 11) is 0. The van der Waals surface area contributed by atoms with E-state index in [1.807, 2.05) is 24.4 Å². The maximum atomic E-state index is 11.0. The molecule has 0 saturated carbocycles. The van der Waals surface area contributed by atoms with E-state index in [4.69, 9.17) is 0 Å². The van der Waals surface area contributed by atoms with Crippen LogP contribution in [0.2, 0.25) is 0 Å². The van der Waals surface area contributed by atoms with Gasteiger partial charge in [-0.05, 0) is 52.6 Å². The monoisotopic (exact) mass is 329 g/mol. The van der Waals surface area contributed by atoms with Gasteiger partial charge in [0.2, 0.25) is 0 Å². The Morgan fingerprint density at radius 3 is 2.46 bits per heavy atom. The summed E-state index contributed by atoms with van der Waals surface area (Å²) < 4.78 is 1.94. The SMILES string of the molecule is Cc1cc(N2CCC(O)(CN3CCCC3)CC2)n2nc(C)cc2n1. The van der Waals surface area contributed by atoms with Gasteiger partial charge in [-0.2, -0.15) is 9.61 Å². The van der Waals surface area contributed by atoms with E-state index in [1.165, 1.54) is 12.8 Å². The molecule has 2 aromatic heterocycles. The van der Waals surface area contributed by atoms with Crippen LogP contribution in [0.3, 0.4) is 0 Å². The Bertz CT molecular complexity index is 726. The van der Waals surface area contributed by atoms with E-state index in [1.54, 1.807) is 0 Å². The van der Waals surface area contributed by atoms with Crippen molar-refractivity contribution < 1.29 is 5.11 Å². The number of hydrogen-bond donors (Lipinski definition) is 1. The van der Waals surface area contributed by atoms with Crippen LogP contribution in [0, 0.1) is 13.8 Å². The van der Waals surface area contributed by atoms with Gasteiger partial charge in [-0.15, -0.1) is 0 Å². The van der Waals surface area contributed by atoms with Crippen LogP contribution in [0.1, 0.15) is 37.1 Å². The number of aryl methyl sites for hydroxylation is 2. The predicted octanol–water partition coefficient (Wildman–Crippen LogP) is 1.77. The smallest absolute Gasteiger partial charge is 0.157 e. The fourth-order valence-corrected chi connectivity index (χ4v) is 4.09. The van der Waals surface area contributed by atoms with E-state index < -0.39 is 5.60 Å². The lowest BCUT2D eigenvalue weighted by molar-refractivity contribution is -0.0112. The molecule has 130 valence electrons. The Labute approximate surface area is 143 Å². The third kappa shape index (κ3) is 3.00. The minimum Gasteiger partial charge on any atom is -0.388 e. The fourth-order valence-electron chi connectivity index (χ4n) is 4.09. The first kappa shape index (κ1) is 15.8. The van der Waals surface area contributed by atoms with Crippen molar-refractivity contribution in [1.29, 1.82) is 0 Å². The summed E-state index contributed by atoms with van der Waals surface area (Å²) in [4.78, 5) is 9.32. The molecule has 0 bridgehead atoms. The second-order valence-corrected chi connectivity index (χ2v) is 7.51. The van der Waals surface area contributed by atoms with Crippen LogP contribution in [-0.4, -0.2) is 62.9 Å². The highest BCUT2D eigenvalue weighted by Crippen LogP contribution is 2.28. The molecule has 0 amide bonds. The zero-order valence-corrected chi connectivity index (χ0v) is 14.7. The van der Waals surface area contributed by atoms with Crippen molar-refractivity contribution in [3.05, 3.63) is 23.5 Å². The highest BCUT2D eigenvalue weighted by atomic mass is 16.3. The molecule has 2 aromatic rings. The summed E-state index contributed by atoms with van der Waals surface area (Å²) in [6, 6.07) is 4.12. The molecule has 2 aliphatic heterocycles. The standard InChI is InChI=1S/C18H27N5O/c1-14-12-17(23-16(19-14)11-15(2)20-23)22-9-5-18(24,6-10-22)13-21-7-3-4-8-21/h11-12,24H,3-10,13H2,1-2H3. The molecule has 2 aliphatic rings. The molecular weight excluding hydrogens is 302 g/mol. The topological polar surface area (TPSA) is 56.9 Å². The summed E-state index contributed by atoms with van der Waals surface area (Å²) in [5.74, 6) is 1.09. The predicted molar refractivity (Wildman–Crippen MR) is 94.5 cm³/mol.